The van der Waals surface area contributed by atoms with Gasteiger partial charge in [0.05, 0.1) is 10.7 Å². The van der Waals surface area contributed by atoms with Crippen molar-refractivity contribution in [3.8, 4) is 0 Å². The van der Waals surface area contributed by atoms with E-state index in [1.165, 1.54) is 6.07 Å². The van der Waals surface area contributed by atoms with Crippen molar-refractivity contribution in [1.82, 2.24) is 0 Å². The number of anilines is 1. The first-order chi connectivity index (χ1) is 7.90. The fraction of sp³-hybridized carbons (Fsp3) is 0.417. The van der Waals surface area contributed by atoms with Crippen LogP contribution < -0.4 is 5.32 Å². The first-order valence-corrected chi connectivity index (χ1v) is 5.69. The lowest BCUT2D eigenvalue weighted by Gasteiger charge is -2.13. The summed E-state index contributed by atoms with van der Waals surface area (Å²) in [5.41, 5.74) is 0.978. The molecule has 0 aliphatic heterocycles. The first kappa shape index (κ1) is 13.8. The number of benzene rings is 1. The van der Waals surface area contributed by atoms with Gasteiger partial charge >= 0.3 is 5.97 Å². The van der Waals surface area contributed by atoms with Crippen LogP contribution in [0.25, 0.3) is 0 Å². The number of halogens is 2. The van der Waals surface area contributed by atoms with E-state index in [1.54, 1.807) is 19.9 Å². The van der Waals surface area contributed by atoms with Crippen molar-refractivity contribution in [2.75, 3.05) is 11.9 Å². The highest BCUT2D eigenvalue weighted by Gasteiger charge is 2.10. The van der Waals surface area contributed by atoms with Gasteiger partial charge in [-0.15, -0.1) is 0 Å². The fourth-order valence-corrected chi connectivity index (χ4v) is 1.72. The van der Waals surface area contributed by atoms with E-state index in [0.717, 1.165) is 0 Å². The fourth-order valence-electron chi connectivity index (χ4n) is 1.44. The number of nitrogens with one attached hydrogen (secondary N) is 1. The summed E-state index contributed by atoms with van der Waals surface area (Å²) >= 11 is 5.95. The second-order valence-electron chi connectivity index (χ2n) is 4.17. The van der Waals surface area contributed by atoms with Crippen LogP contribution in [0.15, 0.2) is 12.1 Å². The van der Waals surface area contributed by atoms with Crippen LogP contribution >= 0.6 is 11.6 Å². The molecule has 17 heavy (non-hydrogen) atoms. The molecule has 0 aliphatic carbocycles. The average molecular weight is 260 g/mol. The Balaban J connectivity index is 2.63. The minimum absolute atomic E-state index is 0.0482. The number of hydrogen-bond donors (Lipinski definition) is 2. The topological polar surface area (TPSA) is 49.3 Å². The molecule has 0 aromatic heterocycles. The quantitative estimate of drug-likeness (QED) is 0.853. The van der Waals surface area contributed by atoms with Gasteiger partial charge in [0.15, 0.2) is 0 Å². The van der Waals surface area contributed by atoms with Crippen molar-refractivity contribution in [1.29, 1.82) is 0 Å². The summed E-state index contributed by atoms with van der Waals surface area (Å²) < 4.78 is 13.3. The maximum absolute atomic E-state index is 13.3. The Bertz CT molecular complexity index is 423. The molecule has 0 saturated carbocycles. The second-order valence-corrected chi connectivity index (χ2v) is 4.57. The lowest BCUT2D eigenvalue weighted by molar-refractivity contribution is -0.137. The Morgan fingerprint density at radius 3 is 2.82 bits per heavy atom. The molecule has 1 unspecified atom stereocenters. The third-order valence-electron chi connectivity index (χ3n) is 2.41. The third-order valence-corrected chi connectivity index (χ3v) is 2.73. The van der Waals surface area contributed by atoms with Gasteiger partial charge in [-0.05, 0) is 30.5 Å². The van der Waals surface area contributed by atoms with Gasteiger partial charge in [0.1, 0.15) is 5.82 Å². The molecule has 0 fully saturated rings. The summed E-state index contributed by atoms with van der Waals surface area (Å²) in [5.74, 6) is -1.23. The minimum Gasteiger partial charge on any atom is -0.481 e. The second kappa shape index (κ2) is 5.87. The van der Waals surface area contributed by atoms with Crippen molar-refractivity contribution in [3.05, 3.63) is 28.5 Å². The molecule has 0 amide bonds. The largest absolute Gasteiger partial charge is 0.481 e. The summed E-state index contributed by atoms with van der Waals surface area (Å²) in [6.45, 7) is 3.88. The zero-order valence-electron chi connectivity index (χ0n) is 9.76. The molecule has 0 bridgehead atoms. The molecule has 1 aromatic carbocycles. The van der Waals surface area contributed by atoms with Crippen molar-refractivity contribution in [3.63, 3.8) is 0 Å². The van der Waals surface area contributed by atoms with E-state index in [-0.39, 0.29) is 18.2 Å². The summed E-state index contributed by atoms with van der Waals surface area (Å²) in [7, 11) is 0. The van der Waals surface area contributed by atoms with Crippen molar-refractivity contribution in [2.24, 2.45) is 5.92 Å². The lowest BCUT2D eigenvalue weighted by Crippen LogP contribution is -2.15. The Morgan fingerprint density at radius 2 is 2.24 bits per heavy atom. The predicted octanol–water partition coefficient (Wildman–Crippen LogP) is 3.31. The van der Waals surface area contributed by atoms with Crippen LogP contribution in [0.5, 0.6) is 0 Å². The van der Waals surface area contributed by atoms with Gasteiger partial charge in [-0.2, -0.15) is 0 Å². The zero-order valence-corrected chi connectivity index (χ0v) is 10.5. The molecule has 1 rings (SSSR count). The van der Waals surface area contributed by atoms with Crippen molar-refractivity contribution in [2.45, 2.75) is 20.3 Å². The summed E-state index contributed by atoms with van der Waals surface area (Å²) in [6.07, 6.45) is 0.0684. The van der Waals surface area contributed by atoms with Crippen LogP contribution in [0.4, 0.5) is 10.1 Å². The molecule has 0 saturated heterocycles. The van der Waals surface area contributed by atoms with Gasteiger partial charge in [0.25, 0.3) is 0 Å². The number of carbonyl (C=O) groups is 1. The maximum atomic E-state index is 13.3. The van der Waals surface area contributed by atoms with E-state index < -0.39 is 5.97 Å². The van der Waals surface area contributed by atoms with Gasteiger partial charge in [-0.25, -0.2) is 4.39 Å². The third kappa shape index (κ3) is 4.23. The monoisotopic (exact) mass is 259 g/mol. The standard InChI is InChI=1S/C12H15ClFNO2/c1-7(3-12(16)17)6-15-11-5-10(14)8(2)4-9(11)13/h4-5,7,15H,3,6H2,1-2H3,(H,16,17). The molecule has 94 valence electrons. The molecule has 1 aromatic rings. The molecule has 3 nitrogen and oxygen atoms in total. The van der Waals surface area contributed by atoms with Crippen LogP contribution in [-0.4, -0.2) is 17.6 Å². The molecular weight excluding hydrogens is 245 g/mol. The van der Waals surface area contributed by atoms with Crippen LogP contribution in [0.1, 0.15) is 18.9 Å². The maximum Gasteiger partial charge on any atom is 0.303 e. The van der Waals surface area contributed by atoms with E-state index in [4.69, 9.17) is 16.7 Å². The van der Waals surface area contributed by atoms with Crippen LogP contribution in [0.3, 0.4) is 0 Å². The van der Waals surface area contributed by atoms with Crippen LogP contribution in [0.2, 0.25) is 5.02 Å². The van der Waals surface area contributed by atoms with Gasteiger partial charge in [-0.1, -0.05) is 18.5 Å². The number of rotatable bonds is 5. The number of carboxylic acids is 1. The molecule has 5 heteroatoms. The lowest BCUT2D eigenvalue weighted by atomic mass is 10.1. The first-order valence-electron chi connectivity index (χ1n) is 5.31. The molecule has 1 atom stereocenters. The molecule has 0 aliphatic rings. The number of aryl methyl sites for hydroxylation is 1. The Hall–Kier alpha value is -1.29. The van der Waals surface area contributed by atoms with Crippen LogP contribution in [-0.2, 0) is 4.79 Å². The Morgan fingerprint density at radius 1 is 1.59 bits per heavy atom. The highest BCUT2D eigenvalue weighted by Crippen LogP contribution is 2.25. The summed E-state index contributed by atoms with van der Waals surface area (Å²) in [5, 5.41) is 12.0. The summed E-state index contributed by atoms with van der Waals surface area (Å²) in [6, 6.07) is 2.87. The molecule has 0 spiro atoms. The minimum atomic E-state index is -0.847. The number of aliphatic carboxylic acids is 1. The van der Waals surface area contributed by atoms with Crippen molar-refractivity contribution >= 4 is 23.3 Å². The average Bonchev–Trinajstić information content (AvgIpc) is 2.20. The number of hydrogen-bond acceptors (Lipinski definition) is 2. The normalized spacial score (nSPS) is 12.2. The molecule has 0 heterocycles. The molecule has 0 radical (unpaired) electrons. The number of carboxylic acid groups (broad SMARTS) is 1. The summed E-state index contributed by atoms with van der Waals surface area (Å²) in [4.78, 5) is 10.5. The predicted molar refractivity (Wildman–Crippen MR) is 66.1 cm³/mol. The Labute approximate surface area is 105 Å². The SMILES string of the molecule is Cc1cc(Cl)c(NCC(C)CC(=O)O)cc1F. The highest BCUT2D eigenvalue weighted by atomic mass is 35.5. The molecule has 2 N–H and O–H groups in total. The van der Waals surface area contributed by atoms with Crippen LogP contribution in [0, 0.1) is 18.7 Å². The van der Waals surface area contributed by atoms with E-state index in [0.29, 0.717) is 22.8 Å². The van der Waals surface area contributed by atoms with Gasteiger partial charge in [0, 0.05) is 13.0 Å². The van der Waals surface area contributed by atoms with Gasteiger partial charge in [0.2, 0.25) is 0 Å². The Kier molecular flexibility index (Phi) is 4.75. The van der Waals surface area contributed by atoms with E-state index in [9.17, 15) is 9.18 Å². The van der Waals surface area contributed by atoms with Gasteiger partial charge in [-0.3, -0.25) is 4.79 Å². The molecular formula is C12H15ClFNO2. The smallest absolute Gasteiger partial charge is 0.303 e. The zero-order chi connectivity index (χ0) is 13.0. The highest BCUT2D eigenvalue weighted by molar-refractivity contribution is 6.33. The van der Waals surface area contributed by atoms with Crippen molar-refractivity contribution < 1.29 is 14.3 Å². The van der Waals surface area contributed by atoms with E-state index in [1.807, 2.05) is 0 Å². The van der Waals surface area contributed by atoms with E-state index >= 15 is 0 Å². The van der Waals surface area contributed by atoms with Gasteiger partial charge < -0.3 is 10.4 Å². The van der Waals surface area contributed by atoms with E-state index in [2.05, 4.69) is 5.32 Å².